The first-order valence-corrected chi connectivity index (χ1v) is 17.1. The Balaban J connectivity index is 1.09. The Morgan fingerprint density at radius 2 is 1.16 bits per heavy atom. The Bertz CT molecular complexity index is 2970. The van der Waals surface area contributed by atoms with Gasteiger partial charge < -0.3 is 8.98 Å². The molecular formula is C45H28N4O. The van der Waals surface area contributed by atoms with Gasteiger partial charge in [-0.15, -0.1) is 0 Å². The molecule has 0 radical (unpaired) electrons. The third-order valence-corrected chi connectivity index (χ3v) is 10.3. The molecule has 0 saturated carbocycles. The molecule has 0 spiro atoms. The van der Waals surface area contributed by atoms with Crippen molar-refractivity contribution >= 4 is 60.5 Å². The van der Waals surface area contributed by atoms with Gasteiger partial charge in [-0.25, -0.2) is 15.0 Å². The average molecular weight is 641 g/mol. The predicted octanol–water partition coefficient (Wildman–Crippen LogP) is 10.5. The zero-order valence-electron chi connectivity index (χ0n) is 27.0. The van der Waals surface area contributed by atoms with Gasteiger partial charge in [0, 0.05) is 49.6 Å². The molecule has 1 aliphatic carbocycles. The monoisotopic (exact) mass is 640 g/mol. The van der Waals surface area contributed by atoms with Crippen LogP contribution in [0.25, 0.3) is 100 Å². The molecule has 5 nitrogen and oxygen atoms in total. The Labute approximate surface area is 286 Å². The van der Waals surface area contributed by atoms with Gasteiger partial charge in [-0.05, 0) is 70.6 Å². The van der Waals surface area contributed by atoms with E-state index in [1.165, 1.54) is 43.4 Å². The fourth-order valence-electron chi connectivity index (χ4n) is 8.07. The van der Waals surface area contributed by atoms with Gasteiger partial charge >= 0.3 is 0 Å². The van der Waals surface area contributed by atoms with Crippen LogP contribution in [0.1, 0.15) is 12.1 Å². The summed E-state index contributed by atoms with van der Waals surface area (Å²) in [7, 11) is 0. The van der Waals surface area contributed by atoms with Crippen LogP contribution in [0.3, 0.4) is 0 Å². The molecule has 0 bridgehead atoms. The second kappa shape index (κ2) is 10.5. The summed E-state index contributed by atoms with van der Waals surface area (Å²) in [6.07, 6.45) is 4.46. The molecule has 0 fully saturated rings. The number of aromatic nitrogens is 4. The number of nitrogens with zero attached hydrogens (tertiary/aromatic N) is 4. The highest BCUT2D eigenvalue weighted by Gasteiger charge is 2.23. The highest BCUT2D eigenvalue weighted by Crippen LogP contribution is 2.40. The van der Waals surface area contributed by atoms with Gasteiger partial charge in [0.05, 0.1) is 5.52 Å². The molecule has 0 unspecified atom stereocenters. The Morgan fingerprint density at radius 1 is 0.480 bits per heavy atom. The van der Waals surface area contributed by atoms with Crippen LogP contribution in [-0.2, 0) is 6.42 Å². The quantitative estimate of drug-likeness (QED) is 0.180. The maximum atomic E-state index is 6.52. The summed E-state index contributed by atoms with van der Waals surface area (Å²) in [6.45, 7) is 0. The molecule has 234 valence electrons. The predicted molar refractivity (Wildman–Crippen MR) is 203 cm³/mol. The molecule has 0 N–H and O–H groups in total. The zero-order valence-corrected chi connectivity index (χ0v) is 27.0. The normalized spacial score (nSPS) is 12.8. The largest absolute Gasteiger partial charge is 0.456 e. The van der Waals surface area contributed by atoms with Crippen LogP contribution in [0.15, 0.2) is 144 Å². The highest BCUT2D eigenvalue weighted by atomic mass is 16.3. The molecular weight excluding hydrogens is 613 g/mol. The van der Waals surface area contributed by atoms with E-state index in [4.69, 9.17) is 19.4 Å². The SMILES string of the molecule is C1=c2c3ccccc3c3cccc4c3c2c(n4-c2ccc3oc4cc(-c5nc(-c6ccccc6)nc(-c6ccccc6)n5)ccc4c3c2)CC1. The molecule has 3 heterocycles. The van der Waals surface area contributed by atoms with E-state index in [2.05, 4.69) is 89.5 Å². The van der Waals surface area contributed by atoms with Crippen molar-refractivity contribution in [2.75, 3.05) is 0 Å². The number of hydrogen-bond donors (Lipinski definition) is 0. The van der Waals surface area contributed by atoms with E-state index in [9.17, 15) is 0 Å². The smallest absolute Gasteiger partial charge is 0.164 e. The molecule has 5 heteroatoms. The first-order valence-electron chi connectivity index (χ1n) is 17.1. The van der Waals surface area contributed by atoms with Crippen molar-refractivity contribution in [2.45, 2.75) is 12.8 Å². The minimum Gasteiger partial charge on any atom is -0.456 e. The molecule has 11 rings (SSSR count). The summed E-state index contributed by atoms with van der Waals surface area (Å²) in [5.74, 6) is 1.89. The minimum atomic E-state index is 0.609. The molecule has 0 aliphatic heterocycles. The van der Waals surface area contributed by atoms with Gasteiger partial charge in [-0.2, -0.15) is 0 Å². The lowest BCUT2D eigenvalue weighted by atomic mass is 9.92. The molecule has 10 aromatic rings. The van der Waals surface area contributed by atoms with E-state index < -0.39 is 0 Å². The number of benzene rings is 7. The summed E-state index contributed by atoms with van der Waals surface area (Å²) >= 11 is 0. The van der Waals surface area contributed by atoms with Crippen LogP contribution >= 0.6 is 0 Å². The van der Waals surface area contributed by atoms with Crippen molar-refractivity contribution in [2.24, 2.45) is 0 Å². The number of fused-ring (bicyclic) bond motifs is 6. The van der Waals surface area contributed by atoms with Crippen molar-refractivity contribution < 1.29 is 4.42 Å². The van der Waals surface area contributed by atoms with Crippen LogP contribution in [0.4, 0.5) is 0 Å². The summed E-state index contributed by atoms with van der Waals surface area (Å²) in [5, 5.41) is 10.2. The molecule has 50 heavy (non-hydrogen) atoms. The van der Waals surface area contributed by atoms with Crippen molar-refractivity contribution in [1.29, 1.82) is 0 Å². The first-order chi connectivity index (χ1) is 24.8. The molecule has 0 amide bonds. The number of rotatable bonds is 4. The first kappa shape index (κ1) is 27.4. The maximum absolute atomic E-state index is 6.52. The van der Waals surface area contributed by atoms with Gasteiger partial charge in [0.25, 0.3) is 0 Å². The third-order valence-electron chi connectivity index (χ3n) is 10.3. The maximum Gasteiger partial charge on any atom is 0.164 e. The van der Waals surface area contributed by atoms with Crippen molar-refractivity contribution in [1.82, 2.24) is 19.5 Å². The van der Waals surface area contributed by atoms with E-state index in [0.29, 0.717) is 17.5 Å². The highest BCUT2D eigenvalue weighted by molar-refractivity contribution is 6.23. The van der Waals surface area contributed by atoms with Gasteiger partial charge in [-0.3, -0.25) is 0 Å². The van der Waals surface area contributed by atoms with Crippen LogP contribution in [-0.4, -0.2) is 19.5 Å². The van der Waals surface area contributed by atoms with Crippen LogP contribution in [0, 0.1) is 0 Å². The van der Waals surface area contributed by atoms with Crippen LogP contribution < -0.4 is 5.22 Å². The number of aryl methyl sites for hydroxylation is 1. The van der Waals surface area contributed by atoms with Gasteiger partial charge in [0.1, 0.15) is 11.2 Å². The van der Waals surface area contributed by atoms with Crippen molar-refractivity contribution in [3.63, 3.8) is 0 Å². The lowest BCUT2D eigenvalue weighted by molar-refractivity contribution is 0.669. The van der Waals surface area contributed by atoms with E-state index >= 15 is 0 Å². The minimum absolute atomic E-state index is 0.609. The summed E-state index contributed by atoms with van der Waals surface area (Å²) in [4.78, 5) is 14.7. The summed E-state index contributed by atoms with van der Waals surface area (Å²) < 4.78 is 9.00. The Hall–Kier alpha value is -6.59. The molecule has 0 atom stereocenters. The Morgan fingerprint density at radius 3 is 1.92 bits per heavy atom. The van der Waals surface area contributed by atoms with Gasteiger partial charge in [0.15, 0.2) is 17.5 Å². The average Bonchev–Trinajstić information content (AvgIpc) is 3.73. The lowest BCUT2D eigenvalue weighted by Gasteiger charge is -2.13. The fraction of sp³-hybridized carbons (Fsp3) is 0.0444. The second-order valence-corrected chi connectivity index (χ2v) is 13.1. The van der Waals surface area contributed by atoms with Crippen LogP contribution in [0.2, 0.25) is 0 Å². The van der Waals surface area contributed by atoms with Crippen molar-refractivity contribution in [3.05, 3.63) is 150 Å². The van der Waals surface area contributed by atoms with Crippen LogP contribution in [0.5, 0.6) is 0 Å². The van der Waals surface area contributed by atoms with E-state index in [0.717, 1.165) is 57.2 Å². The summed E-state index contributed by atoms with van der Waals surface area (Å²) in [5.41, 5.74) is 8.21. The molecule has 7 aromatic carbocycles. The molecule has 3 aromatic heterocycles. The van der Waals surface area contributed by atoms with E-state index in [1.807, 2.05) is 60.7 Å². The second-order valence-electron chi connectivity index (χ2n) is 13.1. The van der Waals surface area contributed by atoms with Crippen molar-refractivity contribution in [3.8, 4) is 39.9 Å². The topological polar surface area (TPSA) is 56.7 Å². The lowest BCUT2D eigenvalue weighted by Crippen LogP contribution is -2.12. The number of furan rings is 1. The van der Waals surface area contributed by atoms with E-state index in [-0.39, 0.29) is 0 Å². The third kappa shape index (κ3) is 3.98. The molecule has 0 saturated heterocycles. The van der Waals surface area contributed by atoms with Gasteiger partial charge in [-0.1, -0.05) is 109 Å². The zero-order chi connectivity index (χ0) is 32.8. The Kier molecular flexibility index (Phi) is 5.72. The van der Waals surface area contributed by atoms with E-state index in [1.54, 1.807) is 0 Å². The standard InChI is InChI=1S/C45H28N4O/c1-3-11-27(12-4-1)43-46-44(28-13-5-2-6-14-28)48-45(47-43)29-21-23-33-36-26-30(22-24-39(36)50-40(33)25-29)49-37-19-9-17-34-31-15-7-8-16-32(31)35-18-10-20-38(49)42(35)41(34)37/h1-9,11-19,21-26H,10,20H2. The number of hydrogen-bond acceptors (Lipinski definition) is 4. The van der Waals surface area contributed by atoms with Gasteiger partial charge in [0.2, 0.25) is 0 Å². The molecule has 1 aliphatic rings. The fourth-order valence-corrected chi connectivity index (χ4v) is 8.07. The summed E-state index contributed by atoms with van der Waals surface area (Å²) in [6, 6.07) is 48.6.